The van der Waals surface area contributed by atoms with E-state index in [1.54, 1.807) is 26.8 Å². The molecule has 3 saturated heterocycles. The molecule has 0 bridgehead atoms. The van der Waals surface area contributed by atoms with Crippen LogP contribution in [-0.4, -0.2) is 90.2 Å². The maximum atomic E-state index is 13.8. The van der Waals surface area contributed by atoms with Crippen LogP contribution in [0.3, 0.4) is 0 Å². The van der Waals surface area contributed by atoms with Gasteiger partial charge in [0.2, 0.25) is 5.91 Å². The van der Waals surface area contributed by atoms with Gasteiger partial charge in [0.05, 0.1) is 19.8 Å². The zero-order valence-corrected chi connectivity index (χ0v) is 20.3. The fourth-order valence-electron chi connectivity index (χ4n) is 5.22. The van der Waals surface area contributed by atoms with Gasteiger partial charge in [-0.05, 0) is 43.3 Å². The van der Waals surface area contributed by atoms with Gasteiger partial charge in [-0.2, -0.15) is 0 Å². The molecule has 2 aromatic rings. The third-order valence-corrected chi connectivity index (χ3v) is 7.31. The highest BCUT2D eigenvalue weighted by atomic mass is 19.1. The van der Waals surface area contributed by atoms with E-state index in [0.717, 1.165) is 5.56 Å². The van der Waals surface area contributed by atoms with E-state index in [0.29, 0.717) is 63.4 Å². The lowest BCUT2D eigenvalue weighted by Gasteiger charge is -2.45. The van der Waals surface area contributed by atoms with Gasteiger partial charge in [0.1, 0.15) is 17.6 Å². The Bertz CT molecular complexity index is 1120. The minimum absolute atomic E-state index is 0.111. The van der Waals surface area contributed by atoms with Gasteiger partial charge in [-0.3, -0.25) is 19.3 Å². The SMILES string of the molecule is Cc1ccc(C(=O)N2C(C(=O)N3CCOCC3)COC23CCN(C(=O)c2ccc(F)cc2)CC3)cc1. The van der Waals surface area contributed by atoms with Crippen LogP contribution in [-0.2, 0) is 14.3 Å². The number of benzene rings is 2. The van der Waals surface area contributed by atoms with Gasteiger partial charge in [-0.25, -0.2) is 4.39 Å². The summed E-state index contributed by atoms with van der Waals surface area (Å²) in [6.07, 6.45) is 0.759. The van der Waals surface area contributed by atoms with Crippen molar-refractivity contribution in [1.29, 1.82) is 0 Å². The number of ether oxygens (including phenoxy) is 2. The molecule has 8 nitrogen and oxygen atoms in total. The molecule has 3 amide bonds. The first-order valence-electron chi connectivity index (χ1n) is 12.3. The molecular formula is C27H30FN3O5. The lowest BCUT2D eigenvalue weighted by Crippen LogP contribution is -2.60. The van der Waals surface area contributed by atoms with E-state index in [2.05, 4.69) is 0 Å². The molecule has 0 saturated carbocycles. The molecule has 3 heterocycles. The number of carbonyl (C=O) groups excluding carboxylic acids is 3. The number of halogens is 1. The smallest absolute Gasteiger partial charge is 0.256 e. The number of aryl methyl sites for hydroxylation is 1. The van der Waals surface area contributed by atoms with Gasteiger partial charge < -0.3 is 19.3 Å². The minimum Gasteiger partial charge on any atom is -0.378 e. The van der Waals surface area contributed by atoms with Crippen LogP contribution in [0.5, 0.6) is 0 Å². The average molecular weight is 496 g/mol. The van der Waals surface area contributed by atoms with Gasteiger partial charge in [0.15, 0.2) is 0 Å². The molecule has 0 N–H and O–H groups in total. The second-order valence-electron chi connectivity index (χ2n) is 9.55. The molecule has 9 heteroatoms. The van der Waals surface area contributed by atoms with Gasteiger partial charge in [0.25, 0.3) is 11.8 Å². The Kier molecular flexibility index (Phi) is 6.77. The molecule has 5 rings (SSSR count). The number of rotatable bonds is 3. The van der Waals surface area contributed by atoms with Gasteiger partial charge in [-0.1, -0.05) is 17.7 Å². The standard InChI is InChI=1S/C27H30FN3O5/c1-19-2-4-21(5-3-19)25(33)31-23(26(34)30-14-16-35-17-15-30)18-36-27(31)10-12-29(13-11-27)24(32)20-6-8-22(28)9-7-20/h2-9,23H,10-18H2,1H3. The van der Waals surface area contributed by atoms with E-state index in [9.17, 15) is 18.8 Å². The molecule has 36 heavy (non-hydrogen) atoms. The lowest BCUT2D eigenvalue weighted by molar-refractivity contribution is -0.141. The number of likely N-dealkylation sites (tertiary alicyclic amines) is 1. The third kappa shape index (κ3) is 4.60. The average Bonchev–Trinajstić information content (AvgIpc) is 3.27. The molecule has 190 valence electrons. The summed E-state index contributed by atoms with van der Waals surface area (Å²) in [5.74, 6) is -0.984. The van der Waals surface area contributed by atoms with Crippen LogP contribution in [0.1, 0.15) is 39.1 Å². The first-order chi connectivity index (χ1) is 17.4. The van der Waals surface area contributed by atoms with Crippen LogP contribution >= 0.6 is 0 Å². The summed E-state index contributed by atoms with van der Waals surface area (Å²) in [6.45, 7) is 4.67. The molecule has 0 aliphatic carbocycles. The zero-order chi connectivity index (χ0) is 25.3. The van der Waals surface area contributed by atoms with Gasteiger partial charge >= 0.3 is 0 Å². The summed E-state index contributed by atoms with van der Waals surface area (Å²) in [6, 6.07) is 12.0. The molecule has 1 unspecified atom stereocenters. The number of nitrogens with zero attached hydrogens (tertiary/aromatic N) is 3. The Hall–Kier alpha value is -3.30. The Morgan fingerprint density at radius 1 is 0.833 bits per heavy atom. The summed E-state index contributed by atoms with van der Waals surface area (Å²) >= 11 is 0. The molecule has 0 radical (unpaired) electrons. The second kappa shape index (κ2) is 9.99. The number of hydrogen-bond donors (Lipinski definition) is 0. The van der Waals surface area contributed by atoms with Crippen molar-refractivity contribution in [3.8, 4) is 0 Å². The lowest BCUT2D eigenvalue weighted by atomic mass is 9.95. The summed E-state index contributed by atoms with van der Waals surface area (Å²) in [4.78, 5) is 45.4. The van der Waals surface area contributed by atoms with Crippen LogP contribution in [0.25, 0.3) is 0 Å². The molecule has 1 atom stereocenters. The van der Waals surface area contributed by atoms with Crippen LogP contribution in [0.15, 0.2) is 48.5 Å². The normalized spacial score (nSPS) is 21.6. The van der Waals surface area contributed by atoms with E-state index in [-0.39, 0.29) is 24.3 Å². The summed E-state index contributed by atoms with van der Waals surface area (Å²) in [5, 5.41) is 0. The van der Waals surface area contributed by atoms with Crippen LogP contribution in [0.4, 0.5) is 4.39 Å². The molecule has 1 spiro atoms. The maximum Gasteiger partial charge on any atom is 0.256 e. The van der Waals surface area contributed by atoms with E-state index in [1.165, 1.54) is 24.3 Å². The van der Waals surface area contributed by atoms with Crippen molar-refractivity contribution < 1.29 is 28.2 Å². The quantitative estimate of drug-likeness (QED) is 0.654. The number of carbonyl (C=O) groups is 3. The number of hydrogen-bond acceptors (Lipinski definition) is 5. The highest BCUT2D eigenvalue weighted by molar-refractivity contribution is 5.98. The van der Waals surface area contributed by atoms with E-state index >= 15 is 0 Å². The monoisotopic (exact) mass is 495 g/mol. The Morgan fingerprint density at radius 3 is 2.06 bits per heavy atom. The van der Waals surface area contributed by atoms with Crippen molar-refractivity contribution in [3.63, 3.8) is 0 Å². The van der Waals surface area contributed by atoms with Crippen molar-refractivity contribution in [2.24, 2.45) is 0 Å². The van der Waals surface area contributed by atoms with Crippen molar-refractivity contribution in [3.05, 3.63) is 71.0 Å². The Balaban J connectivity index is 1.39. The van der Waals surface area contributed by atoms with Crippen LogP contribution < -0.4 is 0 Å². The van der Waals surface area contributed by atoms with Gasteiger partial charge in [-0.15, -0.1) is 0 Å². The molecule has 3 fully saturated rings. The van der Waals surface area contributed by atoms with Crippen LogP contribution in [0, 0.1) is 12.7 Å². The second-order valence-corrected chi connectivity index (χ2v) is 9.55. The summed E-state index contributed by atoms with van der Waals surface area (Å²) in [5.41, 5.74) is 0.962. The van der Waals surface area contributed by atoms with Crippen molar-refractivity contribution >= 4 is 17.7 Å². The van der Waals surface area contributed by atoms with Gasteiger partial charge in [0, 0.05) is 50.1 Å². The number of amides is 3. The van der Waals surface area contributed by atoms with E-state index < -0.39 is 17.6 Å². The molecular weight excluding hydrogens is 465 g/mol. The summed E-state index contributed by atoms with van der Waals surface area (Å²) in [7, 11) is 0. The molecule has 0 aromatic heterocycles. The predicted molar refractivity (Wildman–Crippen MR) is 129 cm³/mol. The highest BCUT2D eigenvalue weighted by Crippen LogP contribution is 2.39. The first-order valence-corrected chi connectivity index (χ1v) is 12.3. The van der Waals surface area contributed by atoms with E-state index in [4.69, 9.17) is 9.47 Å². The third-order valence-electron chi connectivity index (χ3n) is 7.31. The summed E-state index contributed by atoms with van der Waals surface area (Å²) < 4.78 is 25.0. The van der Waals surface area contributed by atoms with Crippen molar-refractivity contribution in [2.75, 3.05) is 46.0 Å². The van der Waals surface area contributed by atoms with E-state index in [1.807, 2.05) is 19.1 Å². The molecule has 3 aliphatic heterocycles. The van der Waals surface area contributed by atoms with Crippen LogP contribution in [0.2, 0.25) is 0 Å². The highest BCUT2D eigenvalue weighted by Gasteiger charge is 2.55. The fourth-order valence-corrected chi connectivity index (χ4v) is 5.22. The number of piperidine rings is 1. The number of morpholine rings is 1. The van der Waals surface area contributed by atoms with Crippen molar-refractivity contribution in [2.45, 2.75) is 31.5 Å². The molecule has 3 aliphatic rings. The fraction of sp³-hybridized carbons (Fsp3) is 0.444. The molecule has 2 aromatic carbocycles. The van der Waals surface area contributed by atoms with Crippen molar-refractivity contribution in [1.82, 2.24) is 14.7 Å². The minimum atomic E-state index is -0.978. The topological polar surface area (TPSA) is 79.4 Å². The first kappa shape index (κ1) is 24.4. The zero-order valence-electron chi connectivity index (χ0n) is 20.3. The Labute approximate surface area is 209 Å². The Morgan fingerprint density at radius 2 is 1.42 bits per heavy atom. The maximum absolute atomic E-state index is 13.8. The predicted octanol–water partition coefficient (Wildman–Crippen LogP) is 2.47. The largest absolute Gasteiger partial charge is 0.378 e.